The topological polar surface area (TPSA) is 126 Å². The number of imide groups is 1. The molecule has 3 heterocycles. The Kier molecular flexibility index (Phi) is 3.61. The molecule has 0 unspecified atom stereocenters. The Morgan fingerprint density at radius 3 is 1.57 bits per heavy atom. The molecule has 2 aromatic heterocycles. The second-order valence-electron chi connectivity index (χ2n) is 6.71. The molecule has 1 aliphatic rings. The molecule has 2 amide bonds. The van der Waals surface area contributed by atoms with Crippen LogP contribution in [0, 0.1) is 0 Å². The van der Waals surface area contributed by atoms with E-state index in [0.29, 0.717) is 0 Å². The average molecular weight is 381 g/mol. The van der Waals surface area contributed by atoms with Crippen LogP contribution < -0.4 is 22.2 Å². The summed E-state index contributed by atoms with van der Waals surface area (Å²) in [6.07, 6.45) is 2.46. The second kappa shape index (κ2) is 5.69. The average Bonchev–Trinajstić information content (AvgIpc) is 3.25. The lowest BCUT2D eigenvalue weighted by Gasteiger charge is -2.39. The maximum atomic E-state index is 13.1. The minimum atomic E-state index is -1.48. The van der Waals surface area contributed by atoms with Crippen molar-refractivity contribution in [3.63, 3.8) is 0 Å². The highest BCUT2D eigenvalue weighted by Crippen LogP contribution is 2.31. The van der Waals surface area contributed by atoms with E-state index in [1.165, 1.54) is 12.1 Å². The van der Waals surface area contributed by atoms with Gasteiger partial charge in [0, 0.05) is 12.2 Å². The van der Waals surface area contributed by atoms with Crippen molar-refractivity contribution in [2.75, 3.05) is 0 Å². The van der Waals surface area contributed by atoms with Gasteiger partial charge >= 0.3 is 0 Å². The maximum Gasteiger partial charge on any atom is 0.263 e. The second-order valence-corrected chi connectivity index (χ2v) is 6.71. The Hall–Kier alpha value is -3.62. The first-order valence-corrected chi connectivity index (χ1v) is 8.75. The third-order valence-electron chi connectivity index (χ3n) is 5.52. The minimum Gasteiger partial charge on any atom is -0.288 e. The molecule has 1 aliphatic heterocycles. The van der Waals surface area contributed by atoms with Gasteiger partial charge in [-0.25, -0.2) is 4.57 Å². The van der Waals surface area contributed by atoms with Gasteiger partial charge in [-0.05, 0) is 25.0 Å². The standard InChI is InChI=1S/C19H15N3O6/c1-3-19(4-2,21-13(23)5-6-14(21)24)22-17(27)11-7-9-10(8-12(11)18(22)28)16(26)20-15(9)25/h5-8H,3-4H2,1-2H3,(H,20,25,26). The predicted molar refractivity (Wildman–Crippen MR) is 101 cm³/mol. The minimum absolute atomic E-state index is 0.0142. The van der Waals surface area contributed by atoms with Crippen molar-refractivity contribution in [2.45, 2.75) is 32.4 Å². The molecule has 0 saturated heterocycles. The van der Waals surface area contributed by atoms with E-state index in [4.69, 9.17) is 0 Å². The zero-order valence-corrected chi connectivity index (χ0v) is 15.1. The number of hydrogen-bond donors (Lipinski definition) is 1. The van der Waals surface area contributed by atoms with Gasteiger partial charge in [0.2, 0.25) is 0 Å². The van der Waals surface area contributed by atoms with Crippen molar-refractivity contribution in [3.8, 4) is 0 Å². The van der Waals surface area contributed by atoms with Gasteiger partial charge in [-0.15, -0.1) is 0 Å². The Balaban J connectivity index is 2.13. The van der Waals surface area contributed by atoms with Gasteiger partial charge in [0.05, 0.1) is 21.5 Å². The smallest absolute Gasteiger partial charge is 0.263 e. The van der Waals surface area contributed by atoms with Crippen molar-refractivity contribution in [3.05, 3.63) is 65.7 Å². The number of carbonyl (C=O) groups excluding carboxylic acids is 2. The first kappa shape index (κ1) is 17.8. The Morgan fingerprint density at radius 1 is 0.750 bits per heavy atom. The molecule has 1 aromatic carbocycles. The lowest BCUT2D eigenvalue weighted by atomic mass is 10.0. The van der Waals surface area contributed by atoms with E-state index in [2.05, 4.69) is 4.98 Å². The number of hydrogen-bond acceptors (Lipinski definition) is 6. The highest BCUT2D eigenvalue weighted by molar-refractivity contribution is 6.13. The molecule has 0 radical (unpaired) electrons. The van der Waals surface area contributed by atoms with Gasteiger partial charge in [0.1, 0.15) is 5.66 Å². The highest BCUT2D eigenvalue weighted by atomic mass is 16.2. The number of benzene rings is 1. The van der Waals surface area contributed by atoms with Crippen LogP contribution in [0.1, 0.15) is 26.7 Å². The van der Waals surface area contributed by atoms with Gasteiger partial charge in [0.15, 0.2) is 0 Å². The number of carbonyl (C=O) groups is 2. The fourth-order valence-corrected chi connectivity index (χ4v) is 4.07. The summed E-state index contributed by atoms with van der Waals surface area (Å²) >= 11 is 0. The molecule has 9 nitrogen and oxygen atoms in total. The Bertz CT molecular complexity index is 1320. The van der Waals surface area contributed by atoms with Crippen LogP contribution in [0.25, 0.3) is 21.5 Å². The summed E-state index contributed by atoms with van der Waals surface area (Å²) in [5.41, 5.74) is -4.21. The molecule has 28 heavy (non-hydrogen) atoms. The number of H-pyrrole nitrogens is 1. The van der Waals surface area contributed by atoms with Gasteiger partial charge in [-0.3, -0.25) is 38.7 Å². The molecule has 0 bridgehead atoms. The van der Waals surface area contributed by atoms with Crippen molar-refractivity contribution < 1.29 is 9.59 Å². The van der Waals surface area contributed by atoms with E-state index in [1.54, 1.807) is 13.8 Å². The summed E-state index contributed by atoms with van der Waals surface area (Å²) in [7, 11) is 0. The summed E-state index contributed by atoms with van der Waals surface area (Å²) in [4.78, 5) is 77.8. The number of aromatic amines is 1. The van der Waals surface area contributed by atoms with Crippen LogP contribution in [0.5, 0.6) is 0 Å². The number of aromatic nitrogens is 2. The number of fused-ring (bicyclic) bond motifs is 2. The van der Waals surface area contributed by atoms with Crippen molar-refractivity contribution in [2.24, 2.45) is 0 Å². The van der Waals surface area contributed by atoms with Crippen molar-refractivity contribution in [1.82, 2.24) is 14.5 Å². The van der Waals surface area contributed by atoms with Crippen LogP contribution in [0.3, 0.4) is 0 Å². The number of rotatable bonds is 4. The molecule has 142 valence electrons. The molecule has 9 heteroatoms. The van der Waals surface area contributed by atoms with Crippen molar-refractivity contribution in [1.29, 1.82) is 0 Å². The first-order chi connectivity index (χ1) is 13.3. The molecule has 0 aliphatic carbocycles. The maximum absolute atomic E-state index is 13.1. The fraction of sp³-hybridized carbons (Fsp3) is 0.263. The molecule has 0 spiro atoms. The van der Waals surface area contributed by atoms with Crippen LogP contribution in [-0.2, 0) is 15.3 Å². The third-order valence-corrected chi connectivity index (χ3v) is 5.52. The summed E-state index contributed by atoms with van der Waals surface area (Å²) < 4.78 is 0.901. The zero-order valence-electron chi connectivity index (χ0n) is 15.1. The first-order valence-electron chi connectivity index (χ1n) is 8.75. The zero-order chi connectivity index (χ0) is 20.4. The molecule has 0 fully saturated rings. The van der Waals surface area contributed by atoms with Crippen LogP contribution in [0.4, 0.5) is 0 Å². The number of nitrogens with one attached hydrogen (secondary N) is 1. The van der Waals surface area contributed by atoms with Crippen LogP contribution in [0.15, 0.2) is 43.5 Å². The SMILES string of the molecule is CCC(CC)(N1C(=O)C=CC1=O)n1c(=O)c2cc3c(=O)[nH]c(=O)c3cc2c1=O. The Morgan fingerprint density at radius 2 is 1.18 bits per heavy atom. The molecular weight excluding hydrogens is 366 g/mol. The lowest BCUT2D eigenvalue weighted by molar-refractivity contribution is -0.150. The number of nitrogens with zero attached hydrogens (tertiary/aromatic N) is 2. The summed E-state index contributed by atoms with van der Waals surface area (Å²) in [6, 6.07) is 2.43. The van der Waals surface area contributed by atoms with Gasteiger partial charge in [-0.1, -0.05) is 13.8 Å². The van der Waals surface area contributed by atoms with E-state index in [1.807, 2.05) is 0 Å². The fourth-order valence-electron chi connectivity index (χ4n) is 4.07. The van der Waals surface area contributed by atoms with Crippen LogP contribution in [-0.4, -0.2) is 26.3 Å². The van der Waals surface area contributed by atoms with Crippen molar-refractivity contribution >= 4 is 33.4 Å². The van der Waals surface area contributed by atoms with Gasteiger partial charge in [0.25, 0.3) is 34.1 Å². The normalized spacial score (nSPS) is 14.9. The van der Waals surface area contributed by atoms with Crippen LogP contribution in [0.2, 0.25) is 0 Å². The monoisotopic (exact) mass is 381 g/mol. The third kappa shape index (κ3) is 2.01. The molecule has 4 rings (SSSR count). The quantitative estimate of drug-likeness (QED) is 0.626. The summed E-state index contributed by atoms with van der Waals surface area (Å²) in [5, 5.41) is -0.0421. The van der Waals surface area contributed by atoms with E-state index < -0.39 is 39.7 Å². The Labute approximate surface area is 156 Å². The predicted octanol–water partition coefficient (Wildman–Crippen LogP) is -0.163. The summed E-state index contributed by atoms with van der Waals surface area (Å²) in [5.74, 6) is -1.22. The largest absolute Gasteiger partial charge is 0.288 e. The van der Waals surface area contributed by atoms with Crippen LogP contribution >= 0.6 is 0 Å². The van der Waals surface area contributed by atoms with E-state index in [9.17, 15) is 28.8 Å². The number of amides is 2. The van der Waals surface area contributed by atoms with E-state index in [-0.39, 0.29) is 34.4 Å². The van der Waals surface area contributed by atoms with Gasteiger partial charge < -0.3 is 0 Å². The molecule has 1 N–H and O–H groups in total. The molecule has 0 atom stereocenters. The van der Waals surface area contributed by atoms with E-state index >= 15 is 0 Å². The van der Waals surface area contributed by atoms with Gasteiger partial charge in [-0.2, -0.15) is 0 Å². The molecule has 3 aromatic rings. The molecule has 0 saturated carbocycles. The van der Waals surface area contributed by atoms with E-state index in [0.717, 1.165) is 21.6 Å². The summed E-state index contributed by atoms with van der Waals surface area (Å²) in [6.45, 7) is 3.34. The highest BCUT2D eigenvalue weighted by Gasteiger charge is 2.46. The molecular formula is C19H15N3O6. The lowest BCUT2D eigenvalue weighted by Crippen LogP contribution is -2.58.